The summed E-state index contributed by atoms with van der Waals surface area (Å²) in [5.41, 5.74) is 0. The molecular formula is C66H113NO18. The highest BCUT2D eigenvalue weighted by Gasteiger charge is 2.53. The van der Waals surface area contributed by atoms with E-state index < -0.39 is 124 Å². The van der Waals surface area contributed by atoms with Crippen LogP contribution >= 0.6 is 0 Å². The number of ether oxygens (including phenoxy) is 6. The fourth-order valence-electron chi connectivity index (χ4n) is 10.4. The molecule has 3 rings (SSSR count). The lowest BCUT2D eigenvalue weighted by molar-refractivity contribution is -0.379. The second-order valence-corrected chi connectivity index (χ2v) is 22.8. The molecule has 17 unspecified atom stereocenters. The number of aliphatic hydroxyl groups excluding tert-OH is 11. The predicted octanol–water partition coefficient (Wildman–Crippen LogP) is 7.15. The van der Waals surface area contributed by atoms with Gasteiger partial charge in [-0.15, -0.1) is 0 Å². The van der Waals surface area contributed by atoms with Gasteiger partial charge in [-0.05, 0) is 57.8 Å². The first-order valence-electron chi connectivity index (χ1n) is 32.3. The highest BCUT2D eigenvalue weighted by molar-refractivity contribution is 5.76. The quantitative estimate of drug-likeness (QED) is 0.0213. The molecule has 3 heterocycles. The van der Waals surface area contributed by atoms with Crippen LogP contribution in [-0.4, -0.2) is 193 Å². The lowest BCUT2D eigenvalue weighted by Crippen LogP contribution is -2.66. The number of nitrogens with one attached hydrogen (secondary N) is 1. The van der Waals surface area contributed by atoms with E-state index in [2.05, 4.69) is 79.9 Å². The first-order chi connectivity index (χ1) is 41.3. The zero-order valence-corrected chi connectivity index (χ0v) is 51.3. The average molecular weight is 1210 g/mol. The van der Waals surface area contributed by atoms with E-state index in [4.69, 9.17) is 28.4 Å². The van der Waals surface area contributed by atoms with Crippen molar-refractivity contribution < 1.29 is 89.4 Å². The van der Waals surface area contributed by atoms with Gasteiger partial charge in [0.1, 0.15) is 73.2 Å². The maximum absolute atomic E-state index is 13.3. The van der Waals surface area contributed by atoms with Gasteiger partial charge >= 0.3 is 0 Å². The molecule has 0 spiro atoms. The van der Waals surface area contributed by atoms with Gasteiger partial charge in [0.2, 0.25) is 5.91 Å². The summed E-state index contributed by atoms with van der Waals surface area (Å²) in [6.07, 6.45) is 32.8. The lowest BCUT2D eigenvalue weighted by atomic mass is 9.96. The maximum atomic E-state index is 13.3. The van der Waals surface area contributed by atoms with Crippen LogP contribution < -0.4 is 5.32 Å². The number of unbranched alkanes of at least 4 members (excludes halogenated alkanes) is 19. The SMILES string of the molecule is CC/C=C\C/C=C\C/C=C\C/C=C\C/C=C\C/C=C\CCC(=O)NC(COC1OC(CO)C(OC2OC(CO)C(OC3OC(CO)C(O)C(O)C3O)C(O)C2O)C(O)C1O)C(O)/C=C/CCCCCCCCCCCCCCCCCCCCC. The maximum Gasteiger partial charge on any atom is 0.220 e. The standard InChI is InChI=1S/C66H113NO18/c1-3-5-7-9-11-13-15-17-19-21-23-24-26-27-29-31-33-35-37-39-41-43-50(71)49(67-54(72)44-42-40-38-36-34-32-30-28-25-22-20-18-16-14-12-10-8-6-4-2)48-80-64-60(78)57(75)62(52(46-69)82-64)85-66-61(79)58(76)63(53(47-70)83-66)84-65-59(77)56(74)55(73)51(45-68)81-65/h6,8,12,14,18,20,25,28,32,34,38,40-41,43,49-53,55-66,68-71,73-79H,3-5,7,9-11,13,15-17,19,21-24,26-27,29-31,33,35-37,39,42,44-48H2,1-2H3,(H,67,72)/b8-6-,14-12-,20-18-,28-25-,34-32-,40-38-,43-41+. The van der Waals surface area contributed by atoms with Gasteiger partial charge in [-0.2, -0.15) is 0 Å². The topological polar surface area (TPSA) is 307 Å². The third kappa shape index (κ3) is 30.8. The molecular weight excluding hydrogens is 1090 g/mol. The number of rotatable bonds is 47. The molecule has 3 aliphatic rings. The summed E-state index contributed by atoms with van der Waals surface area (Å²) >= 11 is 0. The zero-order valence-electron chi connectivity index (χ0n) is 51.3. The fraction of sp³-hybridized carbons (Fsp3) is 0.773. The van der Waals surface area contributed by atoms with E-state index in [1.54, 1.807) is 6.08 Å². The van der Waals surface area contributed by atoms with Crippen LogP contribution in [-0.2, 0) is 33.2 Å². The van der Waals surface area contributed by atoms with Crippen molar-refractivity contribution in [2.45, 2.75) is 298 Å². The minimum absolute atomic E-state index is 0.114. The van der Waals surface area contributed by atoms with E-state index in [0.29, 0.717) is 12.8 Å². The van der Waals surface area contributed by atoms with Crippen LogP contribution in [0, 0.1) is 0 Å². The highest BCUT2D eigenvalue weighted by Crippen LogP contribution is 2.33. The molecule has 17 atom stereocenters. The van der Waals surface area contributed by atoms with Gasteiger partial charge in [0, 0.05) is 6.42 Å². The molecule has 85 heavy (non-hydrogen) atoms. The molecule has 0 aliphatic carbocycles. The minimum Gasteiger partial charge on any atom is -0.394 e. The van der Waals surface area contributed by atoms with Gasteiger partial charge in [-0.25, -0.2) is 0 Å². The van der Waals surface area contributed by atoms with Gasteiger partial charge in [0.15, 0.2) is 18.9 Å². The van der Waals surface area contributed by atoms with Crippen LogP contribution in [0.3, 0.4) is 0 Å². The number of amides is 1. The van der Waals surface area contributed by atoms with E-state index >= 15 is 0 Å². The second kappa shape index (κ2) is 47.9. The van der Waals surface area contributed by atoms with Gasteiger partial charge in [-0.3, -0.25) is 4.79 Å². The number of allylic oxidation sites excluding steroid dienone is 13. The third-order valence-corrected chi connectivity index (χ3v) is 15.7. The predicted molar refractivity (Wildman–Crippen MR) is 328 cm³/mol. The molecule has 19 nitrogen and oxygen atoms in total. The Hall–Kier alpha value is -3.03. The molecule has 0 aromatic rings. The van der Waals surface area contributed by atoms with Gasteiger partial charge in [0.25, 0.3) is 0 Å². The molecule has 490 valence electrons. The van der Waals surface area contributed by atoms with Crippen molar-refractivity contribution in [2.75, 3.05) is 26.4 Å². The average Bonchev–Trinajstić information content (AvgIpc) is 3.10. The minimum atomic E-state index is -1.99. The molecule has 3 fully saturated rings. The summed E-state index contributed by atoms with van der Waals surface area (Å²) in [4.78, 5) is 13.3. The van der Waals surface area contributed by atoms with E-state index in [9.17, 15) is 61.0 Å². The molecule has 0 saturated carbocycles. The summed E-state index contributed by atoms with van der Waals surface area (Å²) in [6.45, 7) is 1.55. The normalized spacial score (nSPS) is 29.5. The van der Waals surface area contributed by atoms with E-state index in [0.717, 1.165) is 57.8 Å². The second-order valence-electron chi connectivity index (χ2n) is 22.8. The molecule has 1 amide bonds. The van der Waals surface area contributed by atoms with Crippen LogP contribution in [0.1, 0.15) is 194 Å². The van der Waals surface area contributed by atoms with Crippen molar-refractivity contribution >= 4 is 5.91 Å². The van der Waals surface area contributed by atoms with Gasteiger partial charge < -0.3 is 89.9 Å². The molecule has 0 aromatic heterocycles. The summed E-state index contributed by atoms with van der Waals surface area (Å²) < 4.78 is 34.2. The Kier molecular flexibility index (Phi) is 43.0. The Balaban J connectivity index is 1.51. The zero-order chi connectivity index (χ0) is 61.9. The summed E-state index contributed by atoms with van der Waals surface area (Å²) in [5.74, 6) is -0.360. The van der Waals surface area contributed by atoms with Crippen molar-refractivity contribution in [1.29, 1.82) is 0 Å². The molecule has 0 aromatic carbocycles. The van der Waals surface area contributed by atoms with Crippen LogP contribution in [0.25, 0.3) is 0 Å². The van der Waals surface area contributed by atoms with E-state index in [1.807, 2.05) is 18.2 Å². The van der Waals surface area contributed by atoms with Crippen LogP contribution in [0.15, 0.2) is 85.1 Å². The summed E-state index contributed by atoms with van der Waals surface area (Å²) in [6, 6.07) is -1.02. The van der Waals surface area contributed by atoms with Crippen molar-refractivity contribution in [3.63, 3.8) is 0 Å². The third-order valence-electron chi connectivity index (χ3n) is 15.7. The van der Waals surface area contributed by atoms with Crippen molar-refractivity contribution in [3.8, 4) is 0 Å². The highest BCUT2D eigenvalue weighted by atomic mass is 16.8. The Labute approximate surface area is 508 Å². The van der Waals surface area contributed by atoms with Gasteiger partial charge in [0.05, 0.1) is 38.6 Å². The van der Waals surface area contributed by atoms with Crippen molar-refractivity contribution in [3.05, 3.63) is 85.1 Å². The molecule has 19 heteroatoms. The number of aliphatic hydroxyl groups is 11. The molecule has 3 saturated heterocycles. The summed E-state index contributed by atoms with van der Waals surface area (Å²) in [5, 5.41) is 120. The fourth-order valence-corrected chi connectivity index (χ4v) is 10.4. The van der Waals surface area contributed by atoms with Crippen molar-refractivity contribution in [1.82, 2.24) is 5.32 Å². The lowest BCUT2D eigenvalue weighted by Gasteiger charge is -2.48. The van der Waals surface area contributed by atoms with Gasteiger partial charge in [-0.1, -0.05) is 214 Å². The smallest absolute Gasteiger partial charge is 0.220 e. The molecule has 0 radical (unpaired) electrons. The first-order valence-corrected chi connectivity index (χ1v) is 32.3. The number of carbonyl (C=O) groups is 1. The van der Waals surface area contributed by atoms with Crippen LogP contribution in [0.2, 0.25) is 0 Å². The Morgan fingerprint density at radius 3 is 1.25 bits per heavy atom. The van der Waals surface area contributed by atoms with E-state index in [-0.39, 0.29) is 18.9 Å². The first kappa shape index (κ1) is 76.2. The Bertz CT molecular complexity index is 1880. The Morgan fingerprint density at radius 2 is 0.812 bits per heavy atom. The largest absolute Gasteiger partial charge is 0.394 e. The number of hydrogen-bond acceptors (Lipinski definition) is 18. The van der Waals surface area contributed by atoms with E-state index in [1.165, 1.54) is 103 Å². The monoisotopic (exact) mass is 1210 g/mol. The molecule has 12 N–H and O–H groups in total. The Morgan fingerprint density at radius 1 is 0.435 bits per heavy atom. The molecule has 0 bridgehead atoms. The molecule has 3 aliphatic heterocycles. The number of carbonyl (C=O) groups excluding carboxylic acids is 1. The van der Waals surface area contributed by atoms with Crippen LogP contribution in [0.5, 0.6) is 0 Å². The summed E-state index contributed by atoms with van der Waals surface area (Å²) in [7, 11) is 0. The van der Waals surface area contributed by atoms with Crippen LogP contribution in [0.4, 0.5) is 0 Å². The number of hydrogen-bond donors (Lipinski definition) is 12. The van der Waals surface area contributed by atoms with Crippen molar-refractivity contribution in [2.24, 2.45) is 0 Å².